The van der Waals surface area contributed by atoms with E-state index in [-0.39, 0.29) is 25.2 Å². The van der Waals surface area contributed by atoms with Gasteiger partial charge in [0.25, 0.3) is 0 Å². The van der Waals surface area contributed by atoms with Crippen molar-refractivity contribution < 1.29 is 39.0 Å². The molecule has 1 rings (SSSR count). The zero-order valence-electron chi connectivity index (χ0n) is 18.8. The van der Waals surface area contributed by atoms with Crippen LogP contribution in [0.2, 0.25) is 0 Å². The molecule has 4 unspecified atom stereocenters. The van der Waals surface area contributed by atoms with Gasteiger partial charge in [0, 0.05) is 6.42 Å². The van der Waals surface area contributed by atoms with Crippen molar-refractivity contribution in [3.63, 3.8) is 0 Å². The van der Waals surface area contributed by atoms with E-state index >= 15 is 0 Å². The van der Waals surface area contributed by atoms with Gasteiger partial charge < -0.3 is 37.2 Å². The van der Waals surface area contributed by atoms with Crippen molar-refractivity contribution in [2.24, 2.45) is 11.7 Å². The standard InChI is InChI=1S/C20H33N5O8/c1-10(2)8-14(20(32)33)25-19(31)13(9-16(27)28)24-18(30)12(5-6-15(21)26)23-17(29)11-4-3-7-22-11/h10-14,22H,3-9H2,1-2H3,(H2,21,26)(H,23,29)(H,24,30)(H,25,31)(H,27,28)(H,32,33). The molecule has 1 fully saturated rings. The molecule has 1 saturated heterocycles. The summed E-state index contributed by atoms with van der Waals surface area (Å²) >= 11 is 0. The second kappa shape index (κ2) is 13.4. The zero-order chi connectivity index (χ0) is 25.1. The average molecular weight is 472 g/mol. The predicted molar refractivity (Wildman–Crippen MR) is 115 cm³/mol. The Kier molecular flexibility index (Phi) is 11.3. The monoisotopic (exact) mass is 471 g/mol. The molecule has 0 aromatic heterocycles. The van der Waals surface area contributed by atoms with Crippen LogP contribution in [0.1, 0.15) is 52.4 Å². The molecule has 1 heterocycles. The first-order valence-electron chi connectivity index (χ1n) is 10.8. The highest BCUT2D eigenvalue weighted by atomic mass is 16.4. The summed E-state index contributed by atoms with van der Waals surface area (Å²) in [5.41, 5.74) is 5.14. The lowest BCUT2D eigenvalue weighted by atomic mass is 10.0. The molecule has 8 N–H and O–H groups in total. The fourth-order valence-corrected chi connectivity index (χ4v) is 3.36. The molecule has 0 aromatic rings. The topological polar surface area (TPSA) is 217 Å². The van der Waals surface area contributed by atoms with Gasteiger partial charge in [-0.1, -0.05) is 13.8 Å². The van der Waals surface area contributed by atoms with E-state index in [1.165, 1.54) is 0 Å². The molecule has 0 saturated carbocycles. The molecular weight excluding hydrogens is 438 g/mol. The molecule has 4 atom stereocenters. The van der Waals surface area contributed by atoms with Crippen LogP contribution in [0.25, 0.3) is 0 Å². The maximum Gasteiger partial charge on any atom is 0.326 e. The van der Waals surface area contributed by atoms with Crippen LogP contribution in [0, 0.1) is 5.92 Å². The Hall–Kier alpha value is -3.22. The highest BCUT2D eigenvalue weighted by molar-refractivity contribution is 5.95. The van der Waals surface area contributed by atoms with Gasteiger partial charge in [-0.05, 0) is 38.1 Å². The molecule has 1 aliphatic heterocycles. The number of carbonyl (C=O) groups is 6. The summed E-state index contributed by atoms with van der Waals surface area (Å²) in [6, 6.07) is -4.63. The van der Waals surface area contributed by atoms with Gasteiger partial charge in [-0.25, -0.2) is 4.79 Å². The van der Waals surface area contributed by atoms with Gasteiger partial charge in [-0.3, -0.25) is 24.0 Å². The van der Waals surface area contributed by atoms with E-state index in [1.807, 2.05) is 0 Å². The van der Waals surface area contributed by atoms with Crippen LogP contribution in [-0.2, 0) is 28.8 Å². The Bertz CT molecular complexity index is 751. The molecule has 186 valence electrons. The van der Waals surface area contributed by atoms with Gasteiger partial charge in [0.1, 0.15) is 18.1 Å². The van der Waals surface area contributed by atoms with E-state index < -0.39 is 66.2 Å². The molecule has 1 aliphatic rings. The Morgan fingerprint density at radius 3 is 2.06 bits per heavy atom. The lowest BCUT2D eigenvalue weighted by Crippen LogP contribution is -2.57. The SMILES string of the molecule is CC(C)CC(NC(=O)C(CC(=O)O)NC(=O)C(CCC(N)=O)NC(=O)C1CCCN1)C(=O)O. The second-order valence-corrected chi connectivity index (χ2v) is 8.40. The van der Waals surface area contributed by atoms with E-state index in [1.54, 1.807) is 13.8 Å². The maximum atomic E-state index is 12.8. The van der Waals surface area contributed by atoms with E-state index in [9.17, 15) is 33.9 Å². The molecule has 0 aromatic carbocycles. The number of nitrogens with two attached hydrogens (primary N) is 1. The summed E-state index contributed by atoms with van der Waals surface area (Å²) < 4.78 is 0. The Morgan fingerprint density at radius 2 is 1.58 bits per heavy atom. The molecular formula is C20H33N5O8. The number of carbonyl (C=O) groups excluding carboxylic acids is 4. The third-order valence-corrected chi connectivity index (χ3v) is 5.02. The number of hydrogen-bond acceptors (Lipinski definition) is 7. The van der Waals surface area contributed by atoms with Crippen molar-refractivity contribution in [1.82, 2.24) is 21.3 Å². The van der Waals surface area contributed by atoms with E-state index in [4.69, 9.17) is 10.8 Å². The van der Waals surface area contributed by atoms with Crippen LogP contribution in [0.3, 0.4) is 0 Å². The van der Waals surface area contributed by atoms with Crippen LogP contribution in [0.5, 0.6) is 0 Å². The Balaban J connectivity index is 2.95. The van der Waals surface area contributed by atoms with Gasteiger partial charge in [0.05, 0.1) is 12.5 Å². The third-order valence-electron chi connectivity index (χ3n) is 5.02. The van der Waals surface area contributed by atoms with Crippen LogP contribution in [0.15, 0.2) is 0 Å². The lowest BCUT2D eigenvalue weighted by Gasteiger charge is -2.24. The normalized spacial score (nSPS) is 18.1. The molecule has 13 nitrogen and oxygen atoms in total. The first kappa shape index (κ1) is 27.8. The van der Waals surface area contributed by atoms with Crippen molar-refractivity contribution in [2.45, 2.75) is 76.5 Å². The molecule has 33 heavy (non-hydrogen) atoms. The maximum absolute atomic E-state index is 12.8. The number of hydrogen-bond donors (Lipinski definition) is 7. The van der Waals surface area contributed by atoms with E-state index in [0.717, 1.165) is 6.42 Å². The highest BCUT2D eigenvalue weighted by Crippen LogP contribution is 2.08. The van der Waals surface area contributed by atoms with Crippen molar-refractivity contribution in [3.8, 4) is 0 Å². The van der Waals surface area contributed by atoms with Crippen LogP contribution in [0.4, 0.5) is 0 Å². The minimum atomic E-state index is -1.60. The first-order valence-corrected chi connectivity index (χ1v) is 10.8. The quantitative estimate of drug-likeness (QED) is 0.150. The third kappa shape index (κ3) is 10.3. The minimum Gasteiger partial charge on any atom is -0.481 e. The number of carboxylic acids is 2. The number of nitrogens with one attached hydrogen (secondary N) is 4. The molecule has 0 spiro atoms. The van der Waals surface area contributed by atoms with Gasteiger partial charge in [-0.15, -0.1) is 0 Å². The van der Waals surface area contributed by atoms with E-state index in [2.05, 4.69) is 21.3 Å². The average Bonchev–Trinajstić information content (AvgIpc) is 3.23. The van der Waals surface area contributed by atoms with Gasteiger partial charge in [-0.2, -0.15) is 0 Å². The molecule has 13 heteroatoms. The van der Waals surface area contributed by atoms with E-state index in [0.29, 0.717) is 13.0 Å². The van der Waals surface area contributed by atoms with Crippen LogP contribution >= 0.6 is 0 Å². The fourth-order valence-electron chi connectivity index (χ4n) is 3.36. The molecule has 0 radical (unpaired) electrons. The van der Waals surface area contributed by atoms with Gasteiger partial charge in [0.2, 0.25) is 23.6 Å². The number of rotatable bonds is 14. The molecule has 0 bridgehead atoms. The van der Waals surface area contributed by atoms with Crippen LogP contribution < -0.4 is 27.0 Å². The number of primary amides is 1. The highest BCUT2D eigenvalue weighted by Gasteiger charge is 2.32. The largest absolute Gasteiger partial charge is 0.481 e. The van der Waals surface area contributed by atoms with Crippen molar-refractivity contribution in [2.75, 3.05) is 6.54 Å². The van der Waals surface area contributed by atoms with Crippen molar-refractivity contribution in [1.29, 1.82) is 0 Å². The predicted octanol–water partition coefficient (Wildman–Crippen LogP) is -1.94. The number of carboxylic acid groups (broad SMARTS) is 2. The summed E-state index contributed by atoms with van der Waals surface area (Å²) in [5.74, 6) is -5.84. The Labute approximate surface area is 191 Å². The summed E-state index contributed by atoms with van der Waals surface area (Å²) in [6.45, 7) is 4.14. The number of aliphatic carboxylic acids is 2. The zero-order valence-corrected chi connectivity index (χ0v) is 18.8. The van der Waals surface area contributed by atoms with Crippen LogP contribution in [-0.4, -0.2) is 76.5 Å². The fraction of sp³-hybridized carbons (Fsp3) is 0.700. The van der Waals surface area contributed by atoms with Gasteiger partial charge in [0.15, 0.2) is 0 Å². The number of amides is 4. The Morgan fingerprint density at radius 1 is 0.970 bits per heavy atom. The van der Waals surface area contributed by atoms with Crippen molar-refractivity contribution >= 4 is 35.6 Å². The summed E-state index contributed by atoms with van der Waals surface area (Å²) in [5, 5.41) is 28.4. The minimum absolute atomic E-state index is 0.0727. The van der Waals surface area contributed by atoms with Gasteiger partial charge >= 0.3 is 11.9 Å². The lowest BCUT2D eigenvalue weighted by molar-refractivity contribution is -0.144. The smallest absolute Gasteiger partial charge is 0.326 e. The molecule has 4 amide bonds. The summed E-state index contributed by atoms with van der Waals surface area (Å²) in [6.07, 6.45) is 0.227. The van der Waals surface area contributed by atoms with Crippen molar-refractivity contribution in [3.05, 3.63) is 0 Å². The second-order valence-electron chi connectivity index (χ2n) is 8.40. The molecule has 0 aliphatic carbocycles. The first-order chi connectivity index (χ1) is 15.4. The summed E-state index contributed by atoms with van der Waals surface area (Å²) in [7, 11) is 0. The summed E-state index contributed by atoms with van der Waals surface area (Å²) in [4.78, 5) is 71.7.